The number of halogens is 1. The van der Waals surface area contributed by atoms with Gasteiger partial charge in [-0.15, -0.1) is 0 Å². The van der Waals surface area contributed by atoms with E-state index in [0.717, 1.165) is 17.3 Å². The summed E-state index contributed by atoms with van der Waals surface area (Å²) in [5, 5.41) is 0.789. The normalized spacial score (nSPS) is 17.5. The van der Waals surface area contributed by atoms with Crippen molar-refractivity contribution in [1.29, 1.82) is 0 Å². The number of nitrogens with zero attached hydrogens (tertiary/aromatic N) is 1. The highest BCUT2D eigenvalue weighted by atomic mass is 35.5. The molecule has 14 heavy (non-hydrogen) atoms. The van der Waals surface area contributed by atoms with E-state index < -0.39 is 0 Å². The minimum atomic E-state index is 0.736. The highest BCUT2D eigenvalue weighted by Gasteiger charge is 2.12. The second kappa shape index (κ2) is 4.20. The zero-order valence-corrected chi connectivity index (χ0v) is 8.93. The first-order valence-electron chi connectivity index (χ1n) is 5.02. The van der Waals surface area contributed by atoms with Crippen molar-refractivity contribution in [3.8, 4) is 0 Å². The molecule has 1 fully saturated rings. The van der Waals surface area contributed by atoms with Gasteiger partial charge in [0.25, 0.3) is 0 Å². The monoisotopic (exact) mass is 210 g/mol. The molecule has 1 heterocycles. The number of benzene rings is 1. The smallest absolute Gasteiger partial charge is 0.0471 e. The van der Waals surface area contributed by atoms with Gasteiger partial charge in [-0.1, -0.05) is 17.7 Å². The van der Waals surface area contributed by atoms with Crippen LogP contribution in [0.2, 0.25) is 5.02 Å². The average Bonchev–Trinajstić information content (AvgIpc) is 2.62. The van der Waals surface area contributed by atoms with E-state index in [2.05, 4.69) is 4.90 Å². The van der Waals surface area contributed by atoms with Gasteiger partial charge in [0.1, 0.15) is 0 Å². The molecule has 1 aromatic carbocycles. The SMILES string of the molecule is Nc1ccc(CN2CCCC2)c(Cl)c1. The molecule has 1 aliphatic rings. The van der Waals surface area contributed by atoms with Crippen LogP contribution < -0.4 is 5.73 Å². The molecule has 3 heteroatoms. The van der Waals surface area contributed by atoms with Gasteiger partial charge in [0.05, 0.1) is 0 Å². The summed E-state index contributed by atoms with van der Waals surface area (Å²) in [6.07, 6.45) is 2.62. The summed E-state index contributed by atoms with van der Waals surface area (Å²) in [5.74, 6) is 0. The summed E-state index contributed by atoms with van der Waals surface area (Å²) >= 11 is 6.10. The van der Waals surface area contributed by atoms with Crippen LogP contribution in [-0.2, 0) is 6.54 Å². The van der Waals surface area contributed by atoms with Gasteiger partial charge in [0.15, 0.2) is 0 Å². The number of hydrogen-bond donors (Lipinski definition) is 1. The Labute approximate surface area is 89.7 Å². The maximum atomic E-state index is 6.10. The van der Waals surface area contributed by atoms with Crippen molar-refractivity contribution < 1.29 is 0 Å². The van der Waals surface area contributed by atoms with Gasteiger partial charge in [0.2, 0.25) is 0 Å². The molecule has 1 aromatic rings. The molecule has 0 bridgehead atoms. The first kappa shape index (κ1) is 9.81. The molecule has 2 rings (SSSR count). The summed E-state index contributed by atoms with van der Waals surface area (Å²) < 4.78 is 0. The molecule has 0 amide bonds. The summed E-state index contributed by atoms with van der Waals surface area (Å²) in [6.45, 7) is 3.35. The third-order valence-electron chi connectivity index (χ3n) is 2.67. The highest BCUT2D eigenvalue weighted by Crippen LogP contribution is 2.22. The Balaban J connectivity index is 2.08. The molecule has 2 nitrogen and oxygen atoms in total. The first-order valence-corrected chi connectivity index (χ1v) is 5.40. The molecule has 1 aliphatic heterocycles. The lowest BCUT2D eigenvalue weighted by molar-refractivity contribution is 0.331. The topological polar surface area (TPSA) is 29.3 Å². The minimum Gasteiger partial charge on any atom is -0.399 e. The van der Waals surface area contributed by atoms with Crippen LogP contribution in [0.4, 0.5) is 5.69 Å². The van der Waals surface area contributed by atoms with Gasteiger partial charge in [-0.05, 0) is 43.6 Å². The maximum Gasteiger partial charge on any atom is 0.0471 e. The van der Waals surface area contributed by atoms with Crippen LogP contribution in [-0.4, -0.2) is 18.0 Å². The number of nitrogen functional groups attached to an aromatic ring is 1. The Morgan fingerprint density at radius 3 is 2.64 bits per heavy atom. The Kier molecular flexibility index (Phi) is 2.94. The van der Waals surface area contributed by atoms with Crippen molar-refractivity contribution in [2.24, 2.45) is 0 Å². The lowest BCUT2D eigenvalue weighted by Gasteiger charge is -2.15. The number of rotatable bonds is 2. The van der Waals surface area contributed by atoms with E-state index in [1.165, 1.54) is 31.5 Å². The van der Waals surface area contributed by atoms with Crippen molar-refractivity contribution in [3.05, 3.63) is 28.8 Å². The highest BCUT2D eigenvalue weighted by molar-refractivity contribution is 6.31. The van der Waals surface area contributed by atoms with Crippen LogP contribution in [0.25, 0.3) is 0 Å². The molecular weight excluding hydrogens is 196 g/mol. The van der Waals surface area contributed by atoms with Crippen LogP contribution in [0.15, 0.2) is 18.2 Å². The Morgan fingerprint density at radius 1 is 1.29 bits per heavy atom. The van der Waals surface area contributed by atoms with E-state index >= 15 is 0 Å². The van der Waals surface area contributed by atoms with Crippen LogP contribution >= 0.6 is 11.6 Å². The van der Waals surface area contributed by atoms with Crippen LogP contribution in [0.5, 0.6) is 0 Å². The second-order valence-electron chi connectivity index (χ2n) is 3.83. The fourth-order valence-corrected chi connectivity index (χ4v) is 2.12. The van der Waals surface area contributed by atoms with E-state index in [1.807, 2.05) is 18.2 Å². The Morgan fingerprint density at radius 2 is 2.00 bits per heavy atom. The van der Waals surface area contributed by atoms with Crippen molar-refractivity contribution in [1.82, 2.24) is 4.90 Å². The molecule has 0 atom stereocenters. The average molecular weight is 211 g/mol. The van der Waals surface area contributed by atoms with Crippen LogP contribution in [0.3, 0.4) is 0 Å². The molecule has 0 unspecified atom stereocenters. The van der Waals surface area contributed by atoms with Crippen LogP contribution in [0.1, 0.15) is 18.4 Å². The van der Waals surface area contributed by atoms with Gasteiger partial charge >= 0.3 is 0 Å². The first-order chi connectivity index (χ1) is 6.75. The summed E-state index contributed by atoms with van der Waals surface area (Å²) in [5.41, 5.74) is 7.56. The molecule has 0 saturated carbocycles. The predicted octanol–water partition coefficient (Wildman–Crippen LogP) is 2.52. The maximum absolute atomic E-state index is 6.10. The van der Waals surface area contributed by atoms with Gasteiger partial charge in [-0.3, -0.25) is 4.90 Å². The zero-order valence-electron chi connectivity index (χ0n) is 8.17. The molecule has 1 saturated heterocycles. The van der Waals surface area contributed by atoms with E-state index in [0.29, 0.717) is 0 Å². The van der Waals surface area contributed by atoms with Crippen molar-refractivity contribution >= 4 is 17.3 Å². The van der Waals surface area contributed by atoms with Crippen molar-refractivity contribution in [2.75, 3.05) is 18.8 Å². The molecule has 0 aliphatic carbocycles. The third kappa shape index (κ3) is 2.20. The van der Waals surface area contributed by atoms with Gasteiger partial charge in [-0.2, -0.15) is 0 Å². The Hall–Kier alpha value is -0.730. The molecular formula is C11H15ClN2. The summed E-state index contributed by atoms with van der Waals surface area (Å²) in [6, 6.07) is 5.76. The molecule has 0 radical (unpaired) electrons. The molecule has 76 valence electrons. The predicted molar refractivity (Wildman–Crippen MR) is 60.4 cm³/mol. The van der Waals surface area contributed by atoms with E-state index in [4.69, 9.17) is 17.3 Å². The van der Waals surface area contributed by atoms with Crippen molar-refractivity contribution in [3.63, 3.8) is 0 Å². The summed E-state index contributed by atoms with van der Waals surface area (Å²) in [4.78, 5) is 2.43. The van der Waals surface area contributed by atoms with E-state index in [1.54, 1.807) is 0 Å². The largest absolute Gasteiger partial charge is 0.399 e. The number of hydrogen-bond acceptors (Lipinski definition) is 2. The van der Waals surface area contributed by atoms with Crippen molar-refractivity contribution in [2.45, 2.75) is 19.4 Å². The molecule has 0 aromatic heterocycles. The molecule has 2 N–H and O–H groups in total. The minimum absolute atomic E-state index is 0.736. The van der Waals surface area contributed by atoms with Gasteiger partial charge < -0.3 is 5.73 Å². The quantitative estimate of drug-likeness (QED) is 0.761. The number of anilines is 1. The Bertz CT molecular complexity index is 319. The van der Waals surface area contributed by atoms with E-state index in [9.17, 15) is 0 Å². The summed E-state index contributed by atoms with van der Waals surface area (Å²) in [7, 11) is 0. The number of likely N-dealkylation sites (tertiary alicyclic amines) is 1. The lowest BCUT2D eigenvalue weighted by atomic mass is 10.2. The van der Waals surface area contributed by atoms with Gasteiger partial charge in [0, 0.05) is 17.3 Å². The molecule has 0 spiro atoms. The second-order valence-corrected chi connectivity index (χ2v) is 4.24. The van der Waals surface area contributed by atoms with Gasteiger partial charge in [-0.25, -0.2) is 0 Å². The zero-order chi connectivity index (χ0) is 9.97. The third-order valence-corrected chi connectivity index (χ3v) is 3.02. The van der Waals surface area contributed by atoms with Crippen LogP contribution in [0, 0.1) is 0 Å². The number of nitrogens with two attached hydrogens (primary N) is 1. The fraction of sp³-hybridized carbons (Fsp3) is 0.455. The standard InChI is InChI=1S/C11H15ClN2/c12-11-7-10(13)4-3-9(11)8-14-5-1-2-6-14/h3-4,7H,1-2,5-6,8,13H2. The van der Waals surface area contributed by atoms with E-state index in [-0.39, 0.29) is 0 Å². The fourth-order valence-electron chi connectivity index (χ4n) is 1.87. The lowest BCUT2D eigenvalue weighted by Crippen LogP contribution is -2.18.